The van der Waals surface area contributed by atoms with Crippen LogP contribution in [0.4, 0.5) is 89.9 Å². The van der Waals surface area contributed by atoms with Crippen LogP contribution in [0.5, 0.6) is 0 Å². The molecule has 0 amide bonds. The molecule has 14 aliphatic carbocycles. The van der Waals surface area contributed by atoms with Gasteiger partial charge in [-0.05, 0) is 254 Å². The summed E-state index contributed by atoms with van der Waals surface area (Å²) in [7, 11) is 0. The minimum Gasteiger partial charge on any atom is -0.466 e. The Hall–Kier alpha value is -13.5. The van der Waals surface area contributed by atoms with E-state index in [1.807, 2.05) is 0 Å². The van der Waals surface area contributed by atoms with Crippen LogP contribution in [0.25, 0.3) is 131 Å². The average Bonchev–Trinajstić information content (AvgIpc) is 1.68. The van der Waals surface area contributed by atoms with Crippen molar-refractivity contribution in [1.82, 2.24) is 70.7 Å². The van der Waals surface area contributed by atoms with Gasteiger partial charge in [-0.2, -0.15) is 20.4 Å². The number of halogens is 11. The van der Waals surface area contributed by atoms with Crippen molar-refractivity contribution in [2.45, 2.75) is 192 Å². The zero-order valence-corrected chi connectivity index (χ0v) is 74.5. The van der Waals surface area contributed by atoms with Crippen LogP contribution >= 0.6 is 11.6 Å². The molecule has 690 valence electrons. The maximum atomic E-state index is 16.0. The summed E-state index contributed by atoms with van der Waals surface area (Å²) in [4.78, 5) is 41.3. The number of nitrogens with zero attached hydrogens (tertiary/aromatic N) is 14. The van der Waals surface area contributed by atoms with E-state index in [4.69, 9.17) is 46.7 Å². The van der Waals surface area contributed by atoms with Gasteiger partial charge in [-0.15, -0.1) is 0 Å². The van der Waals surface area contributed by atoms with E-state index < -0.39 is 52.4 Å². The highest BCUT2D eigenvalue weighted by Crippen LogP contribution is 2.57. The molecule has 0 radical (unpaired) electrons. The van der Waals surface area contributed by atoms with E-state index in [0.29, 0.717) is 105 Å². The number of hydrogen-bond acceptors (Lipinski definition) is 16. The Kier molecular flexibility index (Phi) is 23.1. The first-order valence-electron chi connectivity index (χ1n) is 46.4. The van der Waals surface area contributed by atoms with E-state index >= 15 is 17.6 Å². The number of benzene rings is 3. The van der Waals surface area contributed by atoms with Gasteiger partial charge in [-0.3, -0.25) is 20.4 Å². The maximum absolute atomic E-state index is 16.0. The molecule has 0 aliphatic heterocycles. The van der Waals surface area contributed by atoms with Gasteiger partial charge in [0.2, 0.25) is 22.7 Å². The second-order valence-electron chi connectivity index (χ2n) is 38.3. The van der Waals surface area contributed by atoms with E-state index in [0.717, 1.165) is 94.5 Å². The normalized spacial score (nSPS) is 25.1. The van der Waals surface area contributed by atoms with Gasteiger partial charge in [0, 0.05) is 69.7 Å². The number of fused-ring (bicyclic) bond motifs is 16. The average molecular weight is 1860 g/mol. The number of rotatable bonds is 16. The van der Waals surface area contributed by atoms with Crippen LogP contribution in [0.1, 0.15) is 179 Å². The summed E-state index contributed by atoms with van der Waals surface area (Å²) >= 11 is 6.07. The summed E-state index contributed by atoms with van der Waals surface area (Å²) in [5.41, 5.74) is 2.98. The Bertz CT molecular complexity index is 6940. The molecule has 14 saturated carbocycles. The molecule has 11 heterocycles. The molecule has 8 atom stereocenters. The molecule has 14 aliphatic rings. The van der Waals surface area contributed by atoms with Gasteiger partial charge in [0.15, 0.2) is 69.6 Å². The van der Waals surface area contributed by atoms with Gasteiger partial charge >= 0.3 is 0 Å². The summed E-state index contributed by atoms with van der Waals surface area (Å²) in [6.07, 6.45) is 26.2. The van der Waals surface area contributed by atoms with Crippen molar-refractivity contribution in [1.29, 1.82) is 0 Å². The zero-order chi connectivity index (χ0) is 93.4. The van der Waals surface area contributed by atoms with E-state index in [1.54, 1.807) is 24.3 Å². The number of pyridine rings is 4. The second-order valence-corrected chi connectivity index (χ2v) is 38.7. The summed E-state index contributed by atoms with van der Waals surface area (Å²) in [5.74, 6) is -0.540. The van der Waals surface area contributed by atoms with E-state index in [1.165, 1.54) is 89.0 Å². The van der Waals surface area contributed by atoms with Crippen LogP contribution in [0.2, 0.25) is 5.15 Å². The monoisotopic (exact) mass is 1860 g/mol. The van der Waals surface area contributed by atoms with Crippen LogP contribution in [0, 0.1) is 155 Å². The zero-order valence-electron chi connectivity index (χ0n) is 73.8. The molecule has 14 aromatic rings. The SMILES string of the molecule is [C-]#[N+]c1c(-c2[nH]nc3c(F)cc(F)cc23)nc(N[C@@H]2C3CCC(CC3)[C@H]2C)c(F)c1-c1ccco1.[C-]#[N+]c1c(-c2[nH]nc3c(F)cc(F)cc23)nc(N[C@@H]2C3CCC(CC3)[C@H]2C)c(F)c1C1CC1.[C-]#[N+]c1c(-c2[nH]nc3c(F)cc(F)cc23)nc(N[C@H]2C3CCC(CC3)[C@@H]2C)c(F)c1-c1ccco1.[C-]#[N+]c1c(-c2[nH]nc3ncc(Cl)nc23)nc(N[C@H]2C3CCC(CC3)[C@@H]2C)c(F)c1C1CC1. The quantitative estimate of drug-likeness (QED) is 0.0330. The summed E-state index contributed by atoms with van der Waals surface area (Å²) in [5, 5.41) is 41.4. The Morgan fingerprint density at radius 1 is 0.356 bits per heavy atom. The highest BCUT2D eigenvalue weighted by molar-refractivity contribution is 6.29. The van der Waals surface area contributed by atoms with Crippen LogP contribution in [-0.2, 0) is 0 Å². The fourth-order valence-corrected chi connectivity index (χ4v) is 23.9. The van der Waals surface area contributed by atoms with E-state index in [-0.39, 0.29) is 183 Å². The lowest BCUT2D eigenvalue weighted by molar-refractivity contribution is 0.0926. The van der Waals surface area contributed by atoms with E-state index in [2.05, 4.69) is 139 Å². The lowest BCUT2D eigenvalue weighted by Crippen LogP contribution is -2.47. The number of anilines is 4. The second kappa shape index (κ2) is 35.4. The van der Waals surface area contributed by atoms with Gasteiger partial charge < -0.3 is 30.1 Å². The largest absolute Gasteiger partial charge is 0.466 e. The predicted molar refractivity (Wildman–Crippen MR) is 490 cm³/mol. The third-order valence-electron chi connectivity index (χ3n) is 31.1. The Morgan fingerprint density at radius 2 is 0.652 bits per heavy atom. The molecule has 24 nitrogen and oxygen atoms in total. The molecule has 28 rings (SSSR count). The predicted octanol–water partition coefficient (Wildman–Crippen LogP) is 26.8. The first kappa shape index (κ1) is 88.1. The molecule has 8 N–H and O–H groups in total. The van der Waals surface area contributed by atoms with Gasteiger partial charge in [-0.25, -0.2) is 93.2 Å². The van der Waals surface area contributed by atoms with Gasteiger partial charge in [0.1, 0.15) is 67.6 Å². The molecule has 11 aromatic heterocycles. The summed E-state index contributed by atoms with van der Waals surface area (Å²) < 4.78 is 160. The van der Waals surface area contributed by atoms with Crippen molar-refractivity contribution in [3.63, 3.8) is 0 Å². The molecule has 14 fully saturated rings. The third kappa shape index (κ3) is 15.8. The van der Waals surface area contributed by atoms with Crippen molar-refractivity contribution in [2.75, 3.05) is 21.3 Å². The smallest absolute Gasteiger partial charge is 0.228 e. The number of hydrogen-bond donors (Lipinski definition) is 8. The van der Waals surface area contributed by atoms with Crippen molar-refractivity contribution in [3.05, 3.63) is 200 Å². The molecular formula is C100H91ClF10N22O2. The molecule has 0 unspecified atom stereocenters. The lowest BCUT2D eigenvalue weighted by Gasteiger charge is -2.47. The fourth-order valence-electron chi connectivity index (χ4n) is 23.8. The minimum absolute atomic E-state index is 0.0113. The van der Waals surface area contributed by atoms with Gasteiger partial charge in [0.05, 0.1) is 90.3 Å². The first-order valence-corrected chi connectivity index (χ1v) is 46.8. The molecule has 3 aromatic carbocycles. The maximum Gasteiger partial charge on any atom is 0.228 e. The van der Waals surface area contributed by atoms with E-state index in [9.17, 15) is 26.3 Å². The number of H-pyrrole nitrogens is 4. The number of furan rings is 2. The van der Waals surface area contributed by atoms with Crippen molar-refractivity contribution in [3.8, 4) is 68.2 Å². The highest BCUT2D eigenvalue weighted by atomic mass is 35.5. The third-order valence-corrected chi connectivity index (χ3v) is 31.3. The Morgan fingerprint density at radius 3 is 0.948 bits per heavy atom. The van der Waals surface area contributed by atoms with Gasteiger partial charge in [0.25, 0.3) is 0 Å². The fraction of sp³-hybridized carbons (Fsp3) is 0.420. The first-order chi connectivity index (χ1) is 65.4. The topological polar surface area (TPSA) is 284 Å². The van der Waals surface area contributed by atoms with Crippen molar-refractivity contribution < 1.29 is 52.7 Å². The van der Waals surface area contributed by atoms with Crippen LogP contribution in [-0.4, -0.2) is 94.9 Å². The van der Waals surface area contributed by atoms with Crippen molar-refractivity contribution in [2.24, 2.45) is 71.0 Å². The summed E-state index contributed by atoms with van der Waals surface area (Å²) in [6, 6.07) is 12.4. The standard InChI is InChI=1S/2C26H22F3N5O.C25H24F3N5.C23H23ClFN7/c2*1-12-13-5-7-14(8-6-13)21(12)31-26-20(29)19(18-4-3-9-35-18)24(30-2)25(32-26)23-16-10-15(27)11-17(28)22(16)33-34-23;1-11-12-3-7-14(8-4-12)20(11)30-25-19(28)18(13-5-6-13)23(29-2)24(31-25)22-16-9-15(26)10-17(27)21(16)32-33-22;1-10-11-3-7-13(8-4-11)17(10)29-22-16(25)15(12-5-6-12)18(26-2)19(30-22)20-21-23(32-31-20)27-9-14(24)28-21/h2*3-4,9-14,21H,5-8H2,1H3,(H,31,32)(H,33,34);9-14,20H,3-8H2,1H3,(H,30,31)(H,32,33);9-13,17H,3-8H2,1H3,(H,29,30)(H,27,31,32)/t2*12-,13?,14?,21+;11-,12?,14?,20+;10-,11?,13?,17+/m1010/s1. The minimum atomic E-state index is -0.842. The molecule has 0 saturated heterocycles. The molecule has 35 heteroatoms. The molecular weight excluding hydrogens is 1770 g/mol. The highest BCUT2D eigenvalue weighted by Gasteiger charge is 2.48. The van der Waals surface area contributed by atoms with Crippen LogP contribution in [0.15, 0.2) is 88.2 Å². The molecule has 135 heavy (non-hydrogen) atoms. The molecule has 8 bridgehead atoms. The number of aromatic nitrogens is 14. The number of nitrogens with one attached hydrogen (secondary N) is 8. The molecule has 0 spiro atoms. The Labute approximate surface area is 772 Å². The lowest BCUT2D eigenvalue weighted by atomic mass is 9.62. The van der Waals surface area contributed by atoms with Gasteiger partial charge in [-0.1, -0.05) is 39.3 Å². The van der Waals surface area contributed by atoms with Crippen molar-refractivity contribution >= 4 is 101 Å². The number of aromatic amines is 4. The van der Waals surface area contributed by atoms with Crippen LogP contribution < -0.4 is 21.3 Å². The summed E-state index contributed by atoms with van der Waals surface area (Å²) in [6.45, 7) is 40.1. The Balaban J connectivity index is 0.000000108. The van der Waals surface area contributed by atoms with Crippen LogP contribution in [0.3, 0.4) is 0 Å².